The molecular formula is C7H11ClO4S. The summed E-state index contributed by atoms with van der Waals surface area (Å²) in [7, 11) is 1.53. The van der Waals surface area contributed by atoms with Crippen molar-refractivity contribution < 1.29 is 17.9 Å². The van der Waals surface area contributed by atoms with Crippen LogP contribution < -0.4 is 0 Å². The third-order valence-electron chi connectivity index (χ3n) is 2.16. The molecule has 1 rings (SSSR count). The van der Waals surface area contributed by atoms with Gasteiger partial charge >= 0.3 is 5.97 Å². The van der Waals surface area contributed by atoms with Crippen LogP contribution in [-0.4, -0.2) is 26.2 Å². The highest BCUT2D eigenvalue weighted by Gasteiger charge is 2.45. The number of rotatable bonds is 3. The van der Waals surface area contributed by atoms with E-state index in [4.69, 9.17) is 15.4 Å². The van der Waals surface area contributed by atoms with Gasteiger partial charge in [-0.05, 0) is 19.8 Å². The number of hydrogen-bond acceptors (Lipinski definition) is 4. The van der Waals surface area contributed by atoms with Crippen LogP contribution in [0.25, 0.3) is 0 Å². The molecule has 13 heavy (non-hydrogen) atoms. The van der Waals surface area contributed by atoms with Crippen molar-refractivity contribution in [2.24, 2.45) is 5.92 Å². The summed E-state index contributed by atoms with van der Waals surface area (Å²) in [5, 5.41) is -0.742. The molecule has 6 heteroatoms. The average molecular weight is 227 g/mol. The third-order valence-corrected chi connectivity index (χ3v) is 4.14. The molecular weight excluding hydrogens is 216 g/mol. The van der Waals surface area contributed by atoms with E-state index in [9.17, 15) is 13.2 Å². The molecule has 2 unspecified atom stereocenters. The Morgan fingerprint density at radius 1 is 1.54 bits per heavy atom. The molecule has 76 valence electrons. The van der Waals surface area contributed by atoms with Crippen LogP contribution in [0.2, 0.25) is 0 Å². The smallest absolute Gasteiger partial charge is 0.310 e. The van der Waals surface area contributed by atoms with Crippen LogP contribution in [0.5, 0.6) is 0 Å². The molecule has 1 fully saturated rings. The van der Waals surface area contributed by atoms with Gasteiger partial charge in [-0.1, -0.05) is 0 Å². The topological polar surface area (TPSA) is 60.4 Å². The normalized spacial score (nSPS) is 27.8. The van der Waals surface area contributed by atoms with E-state index in [1.165, 1.54) is 0 Å². The first-order chi connectivity index (χ1) is 5.96. The molecule has 0 heterocycles. The van der Waals surface area contributed by atoms with Gasteiger partial charge in [0.2, 0.25) is 9.05 Å². The molecule has 1 aliphatic carbocycles. The molecule has 0 spiro atoms. The summed E-state index contributed by atoms with van der Waals surface area (Å²) in [6.07, 6.45) is 1.00. The zero-order valence-corrected chi connectivity index (χ0v) is 8.77. The molecule has 2 atom stereocenters. The van der Waals surface area contributed by atoms with Gasteiger partial charge in [0.25, 0.3) is 0 Å². The first-order valence-corrected chi connectivity index (χ1v) is 6.44. The molecule has 1 saturated carbocycles. The number of ether oxygens (including phenoxy) is 1. The fraction of sp³-hybridized carbons (Fsp3) is 0.857. The Labute approximate surface area is 81.6 Å². The van der Waals surface area contributed by atoms with Gasteiger partial charge in [0.1, 0.15) is 0 Å². The SMILES string of the molecule is CCOC(=O)C1CCC1S(=O)(=O)Cl. The summed E-state index contributed by atoms with van der Waals surface area (Å²) >= 11 is 0. The minimum atomic E-state index is -3.61. The molecule has 0 aromatic heterocycles. The predicted molar refractivity (Wildman–Crippen MR) is 47.9 cm³/mol. The van der Waals surface area contributed by atoms with Crippen LogP contribution in [0, 0.1) is 5.92 Å². The van der Waals surface area contributed by atoms with Gasteiger partial charge in [0, 0.05) is 10.7 Å². The van der Waals surface area contributed by atoms with Crippen molar-refractivity contribution in [2.45, 2.75) is 25.0 Å². The summed E-state index contributed by atoms with van der Waals surface area (Å²) in [4.78, 5) is 11.1. The molecule has 0 aromatic carbocycles. The maximum absolute atomic E-state index is 11.1. The molecule has 4 nitrogen and oxygen atoms in total. The third kappa shape index (κ3) is 2.34. The van der Waals surface area contributed by atoms with Crippen molar-refractivity contribution in [3.05, 3.63) is 0 Å². The van der Waals surface area contributed by atoms with E-state index in [1.807, 2.05) is 0 Å². The molecule has 0 aliphatic heterocycles. The van der Waals surface area contributed by atoms with Gasteiger partial charge in [-0.15, -0.1) is 0 Å². The highest BCUT2D eigenvalue weighted by atomic mass is 35.7. The van der Waals surface area contributed by atoms with Crippen molar-refractivity contribution in [1.29, 1.82) is 0 Å². The van der Waals surface area contributed by atoms with Crippen LogP contribution in [0.3, 0.4) is 0 Å². The molecule has 0 aromatic rings. The number of hydrogen-bond donors (Lipinski definition) is 0. The lowest BCUT2D eigenvalue weighted by atomic mass is 9.85. The minimum absolute atomic E-state index is 0.268. The molecule has 0 N–H and O–H groups in total. The molecule has 0 radical (unpaired) electrons. The van der Waals surface area contributed by atoms with Gasteiger partial charge in [-0.3, -0.25) is 4.79 Å². The Morgan fingerprint density at radius 2 is 2.15 bits per heavy atom. The Bertz CT molecular complexity index is 298. The Morgan fingerprint density at radius 3 is 2.46 bits per heavy atom. The minimum Gasteiger partial charge on any atom is -0.466 e. The van der Waals surface area contributed by atoms with Crippen molar-refractivity contribution >= 4 is 25.7 Å². The summed E-state index contributed by atoms with van der Waals surface area (Å²) < 4.78 is 26.5. The monoisotopic (exact) mass is 226 g/mol. The Hall–Kier alpha value is -0.290. The van der Waals surface area contributed by atoms with Crippen LogP contribution in [-0.2, 0) is 18.6 Å². The Kier molecular flexibility index (Phi) is 3.18. The van der Waals surface area contributed by atoms with Crippen LogP contribution in [0.1, 0.15) is 19.8 Å². The van der Waals surface area contributed by atoms with Crippen molar-refractivity contribution in [3.8, 4) is 0 Å². The van der Waals surface area contributed by atoms with Crippen LogP contribution in [0.15, 0.2) is 0 Å². The van der Waals surface area contributed by atoms with Crippen LogP contribution >= 0.6 is 10.7 Å². The number of carbonyl (C=O) groups excluding carboxylic acids is 1. The van der Waals surface area contributed by atoms with E-state index in [-0.39, 0.29) is 6.61 Å². The van der Waals surface area contributed by atoms with Crippen molar-refractivity contribution in [2.75, 3.05) is 6.61 Å². The maximum atomic E-state index is 11.1. The highest BCUT2D eigenvalue weighted by Crippen LogP contribution is 2.36. The number of carbonyl (C=O) groups is 1. The van der Waals surface area contributed by atoms with Crippen molar-refractivity contribution in [1.82, 2.24) is 0 Å². The lowest BCUT2D eigenvalue weighted by Gasteiger charge is -2.31. The van der Waals surface area contributed by atoms with E-state index >= 15 is 0 Å². The van der Waals surface area contributed by atoms with E-state index in [1.54, 1.807) is 6.92 Å². The van der Waals surface area contributed by atoms with E-state index in [0.29, 0.717) is 12.8 Å². The fourth-order valence-corrected chi connectivity index (χ4v) is 3.02. The van der Waals surface area contributed by atoms with Gasteiger partial charge in [-0.2, -0.15) is 0 Å². The molecule has 0 bridgehead atoms. The molecule has 1 aliphatic rings. The van der Waals surface area contributed by atoms with E-state index in [2.05, 4.69) is 0 Å². The first kappa shape index (κ1) is 10.8. The second-order valence-electron chi connectivity index (χ2n) is 2.95. The number of esters is 1. The van der Waals surface area contributed by atoms with Crippen molar-refractivity contribution in [3.63, 3.8) is 0 Å². The second-order valence-corrected chi connectivity index (χ2v) is 5.80. The standard InChI is InChI=1S/C7H11ClO4S/c1-2-12-7(9)5-3-4-6(5)13(8,10)11/h5-6H,2-4H2,1H3. The average Bonchev–Trinajstić information content (AvgIpc) is 1.79. The summed E-state index contributed by atoms with van der Waals surface area (Å²) in [5.41, 5.74) is 0. The lowest BCUT2D eigenvalue weighted by Crippen LogP contribution is -2.42. The summed E-state index contributed by atoms with van der Waals surface area (Å²) in [5.74, 6) is -1.01. The van der Waals surface area contributed by atoms with E-state index in [0.717, 1.165) is 0 Å². The predicted octanol–water partition coefficient (Wildman–Crippen LogP) is 0.897. The molecule has 0 amide bonds. The quantitative estimate of drug-likeness (QED) is 0.530. The van der Waals surface area contributed by atoms with Gasteiger partial charge in [0.05, 0.1) is 17.8 Å². The summed E-state index contributed by atoms with van der Waals surface area (Å²) in [6, 6.07) is 0. The van der Waals surface area contributed by atoms with Gasteiger partial charge in [-0.25, -0.2) is 8.42 Å². The first-order valence-electron chi connectivity index (χ1n) is 4.07. The lowest BCUT2D eigenvalue weighted by molar-refractivity contribution is -0.150. The zero-order chi connectivity index (χ0) is 10.1. The number of halogens is 1. The van der Waals surface area contributed by atoms with E-state index < -0.39 is 26.2 Å². The summed E-state index contributed by atoms with van der Waals surface area (Å²) in [6.45, 7) is 1.95. The fourth-order valence-electron chi connectivity index (χ4n) is 1.33. The van der Waals surface area contributed by atoms with Gasteiger partial charge < -0.3 is 4.74 Å². The maximum Gasteiger partial charge on any atom is 0.310 e. The zero-order valence-electron chi connectivity index (χ0n) is 7.20. The highest BCUT2D eigenvalue weighted by molar-refractivity contribution is 8.14. The van der Waals surface area contributed by atoms with Crippen LogP contribution in [0.4, 0.5) is 0 Å². The molecule has 0 saturated heterocycles. The van der Waals surface area contributed by atoms with Gasteiger partial charge in [0.15, 0.2) is 0 Å². The second kappa shape index (κ2) is 3.84. The largest absolute Gasteiger partial charge is 0.466 e. The Balaban J connectivity index is 2.60.